The van der Waals surface area contributed by atoms with Gasteiger partial charge in [0.15, 0.2) is 0 Å². The predicted molar refractivity (Wildman–Crippen MR) is 85.7 cm³/mol. The van der Waals surface area contributed by atoms with Crippen molar-refractivity contribution in [3.05, 3.63) is 35.1 Å². The molecule has 2 aliphatic heterocycles. The Hall–Kier alpha value is -1.75. The molecule has 0 aliphatic carbocycles. The summed E-state index contributed by atoms with van der Waals surface area (Å²) in [6.45, 7) is 3.26. The van der Waals surface area contributed by atoms with E-state index in [1.54, 1.807) is 24.8 Å². The summed E-state index contributed by atoms with van der Waals surface area (Å²) in [5.41, 5.74) is 0.756. The first kappa shape index (κ1) is 13.9. The van der Waals surface area contributed by atoms with Crippen LogP contribution >= 0.6 is 0 Å². The number of rotatable bonds is 2. The van der Waals surface area contributed by atoms with E-state index in [9.17, 15) is 4.79 Å². The van der Waals surface area contributed by atoms with Crippen LogP contribution in [0.15, 0.2) is 29.6 Å². The lowest BCUT2D eigenvalue weighted by Gasteiger charge is -2.44. The molecule has 0 unspecified atom stereocenters. The molecule has 22 heavy (non-hydrogen) atoms. The molecule has 2 aromatic heterocycles. The van der Waals surface area contributed by atoms with Gasteiger partial charge in [-0.2, -0.15) is 0 Å². The Labute approximate surface area is 130 Å². The normalized spacial score (nSPS) is 26.0. The van der Waals surface area contributed by atoms with E-state index >= 15 is 0 Å². The third-order valence-corrected chi connectivity index (χ3v) is 5.29. The minimum Gasteiger partial charge on any atom is -0.300 e. The molecular weight excluding hydrogens is 276 g/mol. The Kier molecular flexibility index (Phi) is 3.66. The SMILES string of the molecule is O=c1c2ccncc2ncn1C[C@@H]1CCCN2CCCC[C@H]12. The number of hydrogen-bond acceptors (Lipinski definition) is 4. The minimum atomic E-state index is 0.0698. The van der Waals surface area contributed by atoms with E-state index in [2.05, 4.69) is 14.9 Å². The maximum Gasteiger partial charge on any atom is 0.261 e. The fourth-order valence-electron chi connectivity index (χ4n) is 4.18. The number of hydrogen-bond donors (Lipinski definition) is 0. The van der Waals surface area contributed by atoms with Crippen molar-refractivity contribution >= 4 is 10.9 Å². The van der Waals surface area contributed by atoms with Crippen molar-refractivity contribution in [2.45, 2.75) is 44.7 Å². The summed E-state index contributed by atoms with van der Waals surface area (Å²) >= 11 is 0. The molecular formula is C17H22N4O. The van der Waals surface area contributed by atoms with E-state index < -0.39 is 0 Å². The standard InChI is InChI=1S/C17H22N4O/c22-17-14-6-7-18-10-15(14)19-12-21(17)11-13-4-3-9-20-8-2-1-5-16(13)20/h6-7,10,12-13,16H,1-5,8-9,11H2/t13-,16+/m0/s1. The molecule has 0 saturated carbocycles. The summed E-state index contributed by atoms with van der Waals surface area (Å²) in [7, 11) is 0. The molecule has 2 aromatic rings. The lowest BCUT2D eigenvalue weighted by molar-refractivity contribution is 0.0514. The summed E-state index contributed by atoms with van der Waals surface area (Å²) in [6.07, 6.45) is 11.4. The molecule has 0 aromatic carbocycles. The molecule has 4 heterocycles. The molecule has 5 heteroatoms. The van der Waals surface area contributed by atoms with Crippen LogP contribution in [0.3, 0.4) is 0 Å². The van der Waals surface area contributed by atoms with Gasteiger partial charge in [0, 0.05) is 18.8 Å². The van der Waals surface area contributed by atoms with E-state index in [1.165, 1.54) is 45.2 Å². The first-order valence-corrected chi connectivity index (χ1v) is 8.36. The highest BCUT2D eigenvalue weighted by Gasteiger charge is 2.33. The van der Waals surface area contributed by atoms with Gasteiger partial charge in [-0.25, -0.2) is 4.98 Å². The molecule has 5 nitrogen and oxygen atoms in total. The molecule has 2 atom stereocenters. The van der Waals surface area contributed by atoms with Gasteiger partial charge in [-0.1, -0.05) is 6.42 Å². The van der Waals surface area contributed by atoms with Gasteiger partial charge >= 0.3 is 0 Å². The number of pyridine rings is 1. The Morgan fingerprint density at radius 3 is 3.05 bits per heavy atom. The highest BCUT2D eigenvalue weighted by atomic mass is 16.1. The van der Waals surface area contributed by atoms with Gasteiger partial charge in [-0.3, -0.25) is 14.3 Å². The van der Waals surface area contributed by atoms with Crippen molar-refractivity contribution in [1.29, 1.82) is 0 Å². The summed E-state index contributed by atoms with van der Waals surface area (Å²) in [6, 6.07) is 2.43. The van der Waals surface area contributed by atoms with E-state index in [1.807, 2.05) is 4.57 Å². The zero-order valence-electron chi connectivity index (χ0n) is 12.8. The summed E-state index contributed by atoms with van der Waals surface area (Å²) < 4.78 is 1.81. The third kappa shape index (κ3) is 2.43. The van der Waals surface area contributed by atoms with Gasteiger partial charge in [0.2, 0.25) is 0 Å². The number of nitrogens with zero attached hydrogens (tertiary/aromatic N) is 4. The van der Waals surface area contributed by atoms with Crippen LogP contribution in [0.2, 0.25) is 0 Å². The lowest BCUT2D eigenvalue weighted by atomic mass is 9.83. The van der Waals surface area contributed by atoms with Crippen LogP contribution < -0.4 is 5.56 Å². The Bertz CT molecular complexity index is 724. The molecule has 4 rings (SSSR count). The number of aromatic nitrogens is 3. The maximum absolute atomic E-state index is 12.6. The first-order chi connectivity index (χ1) is 10.8. The van der Waals surface area contributed by atoms with Crippen LogP contribution in [-0.2, 0) is 6.54 Å². The third-order valence-electron chi connectivity index (χ3n) is 5.29. The minimum absolute atomic E-state index is 0.0698. The van der Waals surface area contributed by atoms with Crippen molar-refractivity contribution in [1.82, 2.24) is 19.4 Å². The molecule has 2 fully saturated rings. The van der Waals surface area contributed by atoms with Crippen LogP contribution in [-0.4, -0.2) is 38.6 Å². The zero-order chi connectivity index (χ0) is 14.9. The molecule has 0 radical (unpaired) electrons. The Morgan fingerprint density at radius 2 is 2.09 bits per heavy atom. The molecule has 116 valence electrons. The molecule has 2 saturated heterocycles. The monoisotopic (exact) mass is 298 g/mol. The van der Waals surface area contributed by atoms with Crippen LogP contribution in [0.25, 0.3) is 10.9 Å². The van der Waals surface area contributed by atoms with Gasteiger partial charge in [0.25, 0.3) is 5.56 Å². The fraction of sp³-hybridized carbons (Fsp3) is 0.588. The van der Waals surface area contributed by atoms with Crippen molar-refractivity contribution < 1.29 is 0 Å². The predicted octanol–water partition coefficient (Wildman–Crippen LogP) is 2.06. The molecule has 0 amide bonds. The van der Waals surface area contributed by atoms with Crippen LogP contribution in [0.4, 0.5) is 0 Å². The topological polar surface area (TPSA) is 51.0 Å². The maximum atomic E-state index is 12.6. The first-order valence-electron chi connectivity index (χ1n) is 8.36. The van der Waals surface area contributed by atoms with Crippen LogP contribution in [0.5, 0.6) is 0 Å². The second-order valence-corrected chi connectivity index (χ2v) is 6.60. The quantitative estimate of drug-likeness (QED) is 0.851. The van der Waals surface area contributed by atoms with Gasteiger partial charge in [0.05, 0.1) is 23.4 Å². The van der Waals surface area contributed by atoms with E-state index in [0.717, 1.165) is 6.54 Å². The smallest absolute Gasteiger partial charge is 0.261 e. The molecule has 2 aliphatic rings. The molecule has 0 spiro atoms. The molecule has 0 bridgehead atoms. The van der Waals surface area contributed by atoms with Crippen LogP contribution in [0.1, 0.15) is 32.1 Å². The van der Waals surface area contributed by atoms with Crippen molar-refractivity contribution in [2.24, 2.45) is 5.92 Å². The average molecular weight is 298 g/mol. The second-order valence-electron chi connectivity index (χ2n) is 6.60. The van der Waals surface area contributed by atoms with Crippen molar-refractivity contribution in [3.63, 3.8) is 0 Å². The average Bonchev–Trinajstić information content (AvgIpc) is 2.58. The summed E-state index contributed by atoms with van der Waals surface area (Å²) in [5, 5.41) is 0.675. The Balaban J connectivity index is 1.62. The van der Waals surface area contributed by atoms with Gasteiger partial charge in [0.1, 0.15) is 0 Å². The fourth-order valence-corrected chi connectivity index (χ4v) is 4.18. The van der Waals surface area contributed by atoms with E-state index in [4.69, 9.17) is 0 Å². The van der Waals surface area contributed by atoms with E-state index in [-0.39, 0.29) is 5.56 Å². The van der Waals surface area contributed by atoms with Gasteiger partial charge in [-0.15, -0.1) is 0 Å². The van der Waals surface area contributed by atoms with Crippen molar-refractivity contribution in [3.8, 4) is 0 Å². The van der Waals surface area contributed by atoms with Crippen LogP contribution in [0, 0.1) is 5.92 Å². The summed E-state index contributed by atoms with van der Waals surface area (Å²) in [4.78, 5) is 23.7. The van der Waals surface area contributed by atoms with Gasteiger partial charge in [-0.05, 0) is 50.8 Å². The van der Waals surface area contributed by atoms with Crippen molar-refractivity contribution in [2.75, 3.05) is 13.1 Å². The largest absolute Gasteiger partial charge is 0.300 e. The van der Waals surface area contributed by atoms with E-state index in [0.29, 0.717) is 22.9 Å². The number of fused-ring (bicyclic) bond motifs is 2. The lowest BCUT2D eigenvalue weighted by Crippen LogP contribution is -2.49. The molecule has 0 N–H and O–H groups in total. The zero-order valence-corrected chi connectivity index (χ0v) is 12.8. The summed E-state index contributed by atoms with van der Waals surface area (Å²) in [5.74, 6) is 0.577. The van der Waals surface area contributed by atoms with Gasteiger partial charge < -0.3 is 4.90 Å². The number of piperidine rings is 2. The Morgan fingerprint density at radius 1 is 1.18 bits per heavy atom. The highest BCUT2D eigenvalue weighted by molar-refractivity contribution is 5.75. The highest BCUT2D eigenvalue weighted by Crippen LogP contribution is 2.31. The second kappa shape index (κ2) is 5.80.